The van der Waals surface area contributed by atoms with E-state index in [-0.39, 0.29) is 24.4 Å². The topological polar surface area (TPSA) is 82.1 Å². The van der Waals surface area contributed by atoms with Gasteiger partial charge in [0.1, 0.15) is 5.82 Å². The molecule has 114 valence electrons. The van der Waals surface area contributed by atoms with Gasteiger partial charge in [0.2, 0.25) is 0 Å². The van der Waals surface area contributed by atoms with Gasteiger partial charge in [0.05, 0.1) is 0 Å². The van der Waals surface area contributed by atoms with Crippen LogP contribution in [0.2, 0.25) is 0 Å². The van der Waals surface area contributed by atoms with Crippen LogP contribution in [0, 0.1) is 6.92 Å². The van der Waals surface area contributed by atoms with Crippen LogP contribution in [0.15, 0.2) is 22.2 Å². The number of hydrogen-bond acceptors (Lipinski definition) is 4. The van der Waals surface area contributed by atoms with Gasteiger partial charge < -0.3 is 9.67 Å². The number of imidazole rings is 1. The highest BCUT2D eigenvalue weighted by molar-refractivity contribution is 5.71. The third-order valence-corrected chi connectivity index (χ3v) is 3.47. The molecular weight excluding hydrogens is 272 g/mol. The summed E-state index contributed by atoms with van der Waals surface area (Å²) < 4.78 is 4.41. The van der Waals surface area contributed by atoms with Gasteiger partial charge in [0, 0.05) is 26.2 Å². The van der Waals surface area contributed by atoms with Crippen molar-refractivity contribution in [2.24, 2.45) is 0 Å². The lowest BCUT2D eigenvalue weighted by Gasteiger charge is -2.10. The molecule has 0 amide bonds. The number of hydrogen-bond donors (Lipinski definition) is 1. The van der Waals surface area contributed by atoms with Crippen LogP contribution < -0.4 is 11.2 Å². The van der Waals surface area contributed by atoms with Crippen molar-refractivity contribution in [3.8, 4) is 0 Å². The summed E-state index contributed by atoms with van der Waals surface area (Å²) >= 11 is 0. The summed E-state index contributed by atoms with van der Waals surface area (Å²) in [6.07, 6.45) is 2.05. The first-order valence-corrected chi connectivity index (χ1v) is 6.99. The second-order valence-electron chi connectivity index (χ2n) is 4.79. The average molecular weight is 292 g/mol. The van der Waals surface area contributed by atoms with Crippen LogP contribution in [-0.4, -0.2) is 30.4 Å². The molecule has 0 radical (unpaired) electrons. The van der Waals surface area contributed by atoms with Gasteiger partial charge in [-0.1, -0.05) is 6.08 Å². The van der Waals surface area contributed by atoms with Crippen LogP contribution in [0.25, 0.3) is 11.2 Å². The first kappa shape index (κ1) is 15.2. The zero-order valence-electron chi connectivity index (χ0n) is 12.4. The summed E-state index contributed by atoms with van der Waals surface area (Å²) in [6.45, 7) is 8.34. The lowest BCUT2D eigenvalue weighted by Crippen LogP contribution is -2.40. The Labute approximate surface area is 121 Å². The van der Waals surface area contributed by atoms with Crippen molar-refractivity contribution in [3.05, 3.63) is 39.3 Å². The van der Waals surface area contributed by atoms with Gasteiger partial charge in [-0.25, -0.2) is 9.78 Å². The third kappa shape index (κ3) is 2.44. The van der Waals surface area contributed by atoms with Crippen LogP contribution in [0.4, 0.5) is 0 Å². The largest absolute Gasteiger partial charge is 0.396 e. The van der Waals surface area contributed by atoms with Gasteiger partial charge in [0.25, 0.3) is 5.56 Å². The van der Waals surface area contributed by atoms with E-state index in [2.05, 4.69) is 11.6 Å². The smallest absolute Gasteiger partial charge is 0.332 e. The highest BCUT2D eigenvalue weighted by Crippen LogP contribution is 2.11. The number of aliphatic hydroxyl groups excluding tert-OH is 1. The molecule has 0 aromatic carbocycles. The van der Waals surface area contributed by atoms with E-state index in [9.17, 15) is 9.59 Å². The van der Waals surface area contributed by atoms with E-state index in [0.717, 1.165) is 0 Å². The van der Waals surface area contributed by atoms with E-state index >= 15 is 0 Å². The maximum Gasteiger partial charge on any atom is 0.332 e. The van der Waals surface area contributed by atoms with Crippen LogP contribution in [0.1, 0.15) is 19.2 Å². The predicted octanol–water partition coefficient (Wildman–Crippen LogP) is 0.256. The van der Waals surface area contributed by atoms with Crippen molar-refractivity contribution < 1.29 is 5.11 Å². The Hall–Kier alpha value is -2.15. The van der Waals surface area contributed by atoms with Crippen molar-refractivity contribution in [3.63, 3.8) is 0 Å². The summed E-state index contributed by atoms with van der Waals surface area (Å²) in [5.74, 6) is 0.670. The number of fused-ring (bicyclic) bond motifs is 1. The molecule has 0 bridgehead atoms. The summed E-state index contributed by atoms with van der Waals surface area (Å²) in [7, 11) is 0. The number of nitrogens with zero attached hydrogens (tertiary/aromatic N) is 4. The van der Waals surface area contributed by atoms with Gasteiger partial charge in [-0.05, 0) is 20.3 Å². The molecule has 0 fully saturated rings. The van der Waals surface area contributed by atoms with E-state index in [4.69, 9.17) is 5.11 Å². The Kier molecular flexibility index (Phi) is 4.42. The molecule has 0 saturated heterocycles. The normalized spacial score (nSPS) is 11.2. The molecule has 2 rings (SSSR count). The monoisotopic (exact) mass is 292 g/mol. The van der Waals surface area contributed by atoms with E-state index in [1.807, 2.05) is 6.92 Å². The molecule has 2 heterocycles. The molecule has 0 aliphatic carbocycles. The first-order chi connectivity index (χ1) is 10.1. The fourth-order valence-corrected chi connectivity index (χ4v) is 2.46. The van der Waals surface area contributed by atoms with E-state index in [1.165, 1.54) is 9.13 Å². The standard InChI is InChI=1S/C14H20N4O3/c1-4-7-17-10(3)15-12-11(17)13(20)18(8-6-9-19)14(21)16(12)5-2/h4,19H,1,5-9H2,2-3H3. The van der Waals surface area contributed by atoms with Crippen molar-refractivity contribution in [1.29, 1.82) is 0 Å². The lowest BCUT2D eigenvalue weighted by atomic mass is 10.4. The van der Waals surface area contributed by atoms with E-state index in [1.54, 1.807) is 17.6 Å². The van der Waals surface area contributed by atoms with Gasteiger partial charge in [-0.15, -0.1) is 6.58 Å². The molecule has 2 aromatic rings. The second-order valence-corrected chi connectivity index (χ2v) is 4.79. The van der Waals surface area contributed by atoms with Gasteiger partial charge in [-0.3, -0.25) is 13.9 Å². The molecular formula is C14H20N4O3. The Balaban J connectivity index is 2.87. The molecule has 0 unspecified atom stereocenters. The fraction of sp³-hybridized carbons (Fsp3) is 0.500. The molecule has 0 atom stereocenters. The molecule has 0 aliphatic rings. The maximum atomic E-state index is 12.6. The maximum absolute atomic E-state index is 12.6. The van der Waals surface area contributed by atoms with Gasteiger partial charge in [0.15, 0.2) is 11.2 Å². The number of aliphatic hydroxyl groups is 1. The average Bonchev–Trinajstić information content (AvgIpc) is 2.77. The lowest BCUT2D eigenvalue weighted by molar-refractivity contribution is 0.277. The summed E-state index contributed by atoms with van der Waals surface area (Å²) in [5, 5.41) is 8.94. The number of aryl methyl sites for hydroxylation is 2. The van der Waals surface area contributed by atoms with Crippen LogP contribution in [0.5, 0.6) is 0 Å². The number of rotatable bonds is 6. The Morgan fingerprint density at radius 2 is 2.00 bits per heavy atom. The van der Waals surface area contributed by atoms with Gasteiger partial charge in [-0.2, -0.15) is 0 Å². The Morgan fingerprint density at radius 1 is 1.29 bits per heavy atom. The second kappa shape index (κ2) is 6.09. The zero-order chi connectivity index (χ0) is 15.6. The Bertz CT molecular complexity index is 782. The van der Waals surface area contributed by atoms with E-state index in [0.29, 0.717) is 36.5 Å². The van der Waals surface area contributed by atoms with Crippen molar-refractivity contribution in [1.82, 2.24) is 18.7 Å². The molecule has 21 heavy (non-hydrogen) atoms. The van der Waals surface area contributed by atoms with Crippen molar-refractivity contribution >= 4 is 11.2 Å². The summed E-state index contributed by atoms with van der Waals surface area (Å²) in [5.41, 5.74) is 0.0705. The zero-order valence-corrected chi connectivity index (χ0v) is 12.4. The molecule has 0 aliphatic heterocycles. The molecule has 7 nitrogen and oxygen atoms in total. The Morgan fingerprint density at radius 3 is 2.57 bits per heavy atom. The molecule has 0 saturated carbocycles. The first-order valence-electron chi connectivity index (χ1n) is 6.99. The molecule has 0 spiro atoms. The van der Waals surface area contributed by atoms with Crippen LogP contribution in [0.3, 0.4) is 0 Å². The van der Waals surface area contributed by atoms with Crippen molar-refractivity contribution in [2.45, 2.75) is 39.9 Å². The minimum atomic E-state index is -0.383. The van der Waals surface area contributed by atoms with Gasteiger partial charge >= 0.3 is 5.69 Å². The summed E-state index contributed by atoms with van der Waals surface area (Å²) in [4.78, 5) is 29.4. The summed E-state index contributed by atoms with van der Waals surface area (Å²) in [6, 6.07) is 0. The number of aromatic nitrogens is 4. The number of allylic oxidation sites excluding steroid dienone is 1. The van der Waals surface area contributed by atoms with Crippen LogP contribution >= 0.6 is 0 Å². The van der Waals surface area contributed by atoms with Crippen LogP contribution in [-0.2, 0) is 19.6 Å². The molecule has 2 aromatic heterocycles. The quantitative estimate of drug-likeness (QED) is 0.774. The molecule has 7 heteroatoms. The minimum absolute atomic E-state index is 0.0685. The third-order valence-electron chi connectivity index (χ3n) is 3.47. The SMILES string of the molecule is C=CCn1c(C)nc2c1c(=O)n(CCCO)c(=O)n2CC. The fourth-order valence-electron chi connectivity index (χ4n) is 2.46. The molecule has 1 N–H and O–H groups in total. The predicted molar refractivity (Wildman–Crippen MR) is 80.6 cm³/mol. The highest BCUT2D eigenvalue weighted by atomic mass is 16.3. The van der Waals surface area contributed by atoms with E-state index < -0.39 is 0 Å². The highest BCUT2D eigenvalue weighted by Gasteiger charge is 2.18. The van der Waals surface area contributed by atoms with Crippen molar-refractivity contribution in [2.75, 3.05) is 6.61 Å². The minimum Gasteiger partial charge on any atom is -0.396 e.